The van der Waals surface area contributed by atoms with Gasteiger partial charge in [0.05, 0.1) is 20.1 Å². The van der Waals surface area contributed by atoms with Gasteiger partial charge in [-0.05, 0) is 12.5 Å². The highest BCUT2D eigenvalue weighted by Gasteiger charge is 2.24. The molecular weight excluding hydrogens is 258 g/mol. The second-order valence-electron chi connectivity index (χ2n) is 4.72. The van der Waals surface area contributed by atoms with E-state index in [-0.39, 0.29) is 12.0 Å². The third-order valence-electron chi connectivity index (χ3n) is 3.27. The third-order valence-corrected chi connectivity index (χ3v) is 3.27. The Labute approximate surface area is 118 Å². The van der Waals surface area contributed by atoms with Crippen molar-refractivity contribution in [3.05, 3.63) is 23.9 Å². The maximum Gasteiger partial charge on any atom is 0.307 e. The number of carbonyl (C=O) groups excluding carboxylic acids is 1. The molecule has 1 aliphatic rings. The number of methoxy groups -OCH3 is 1. The number of hydrogen-bond donors (Lipinski definition) is 2. The van der Waals surface area contributed by atoms with Crippen molar-refractivity contribution in [2.45, 2.75) is 25.4 Å². The van der Waals surface area contributed by atoms with Gasteiger partial charge in [-0.2, -0.15) is 0 Å². The highest BCUT2D eigenvalue weighted by molar-refractivity contribution is 5.70. The molecule has 1 atom stereocenters. The molecule has 20 heavy (non-hydrogen) atoms. The molecule has 0 bridgehead atoms. The third kappa shape index (κ3) is 3.91. The molecule has 2 N–H and O–H groups in total. The minimum atomic E-state index is -0.201. The molecule has 1 aromatic rings. The molecule has 1 aromatic heterocycles. The summed E-state index contributed by atoms with van der Waals surface area (Å²) in [4.78, 5) is 15.9. The number of pyridine rings is 1. The Morgan fingerprint density at radius 2 is 2.35 bits per heavy atom. The summed E-state index contributed by atoms with van der Waals surface area (Å²) >= 11 is 0. The molecule has 1 saturated heterocycles. The molecule has 6 heteroatoms. The summed E-state index contributed by atoms with van der Waals surface area (Å²) in [5, 5.41) is 6.65. The molecule has 0 spiro atoms. The topological polar surface area (TPSA) is 72.5 Å². The maximum atomic E-state index is 11.7. The van der Waals surface area contributed by atoms with Crippen LogP contribution in [0.3, 0.4) is 0 Å². The Morgan fingerprint density at radius 1 is 1.55 bits per heavy atom. The van der Waals surface area contributed by atoms with Gasteiger partial charge in [-0.15, -0.1) is 0 Å². The van der Waals surface area contributed by atoms with Crippen LogP contribution in [0.15, 0.2) is 18.3 Å². The van der Waals surface area contributed by atoms with E-state index in [1.54, 1.807) is 19.4 Å². The zero-order chi connectivity index (χ0) is 14.4. The smallest absolute Gasteiger partial charge is 0.307 e. The van der Waals surface area contributed by atoms with Crippen molar-refractivity contribution in [3.8, 4) is 5.88 Å². The first-order chi connectivity index (χ1) is 9.72. The Hall–Kier alpha value is -1.66. The van der Waals surface area contributed by atoms with Gasteiger partial charge in [-0.1, -0.05) is 6.07 Å². The standard InChI is InChI=1S/C14H21N3O3/c1-3-20-14(18)6-12(17-11-8-15-9-11)10-4-5-13(19-2)16-7-10/h4-5,7,11-12,15,17H,3,6,8-9H2,1-2H3/t12-/m0/s1. The zero-order valence-electron chi connectivity index (χ0n) is 11.9. The molecule has 0 amide bonds. The minimum absolute atomic E-state index is 0.0837. The SMILES string of the molecule is CCOC(=O)C[C@H](NC1CNC1)c1ccc(OC)nc1. The van der Waals surface area contributed by atoms with Gasteiger partial charge in [0.2, 0.25) is 5.88 Å². The lowest BCUT2D eigenvalue weighted by molar-refractivity contribution is -0.143. The van der Waals surface area contributed by atoms with E-state index >= 15 is 0 Å². The van der Waals surface area contributed by atoms with Gasteiger partial charge < -0.3 is 20.1 Å². The van der Waals surface area contributed by atoms with Gasteiger partial charge in [0.25, 0.3) is 0 Å². The summed E-state index contributed by atoms with van der Waals surface area (Å²) in [6.45, 7) is 4.05. The molecule has 0 radical (unpaired) electrons. The Morgan fingerprint density at radius 3 is 2.85 bits per heavy atom. The lowest BCUT2D eigenvalue weighted by Gasteiger charge is -2.32. The molecule has 0 unspecified atom stereocenters. The molecule has 110 valence electrons. The van der Waals surface area contributed by atoms with Gasteiger partial charge in [-0.3, -0.25) is 4.79 Å². The summed E-state index contributed by atoms with van der Waals surface area (Å²) in [6, 6.07) is 4.03. The first-order valence-electron chi connectivity index (χ1n) is 6.85. The van der Waals surface area contributed by atoms with Crippen LogP contribution in [-0.4, -0.2) is 43.8 Å². The fourth-order valence-corrected chi connectivity index (χ4v) is 2.07. The van der Waals surface area contributed by atoms with Crippen LogP contribution in [0.25, 0.3) is 0 Å². The van der Waals surface area contributed by atoms with Crippen LogP contribution in [0.1, 0.15) is 24.9 Å². The summed E-state index contributed by atoms with van der Waals surface area (Å²) in [5.41, 5.74) is 0.964. The van der Waals surface area contributed by atoms with Crippen LogP contribution in [0.5, 0.6) is 5.88 Å². The number of aromatic nitrogens is 1. The number of nitrogens with one attached hydrogen (secondary N) is 2. The summed E-state index contributed by atoms with van der Waals surface area (Å²) in [5.74, 6) is 0.363. The fourth-order valence-electron chi connectivity index (χ4n) is 2.07. The van der Waals surface area contributed by atoms with Crippen molar-refractivity contribution in [2.24, 2.45) is 0 Å². The summed E-state index contributed by atoms with van der Waals surface area (Å²) < 4.78 is 10.1. The Kier molecular flexibility index (Phi) is 5.31. The largest absolute Gasteiger partial charge is 0.481 e. The van der Waals surface area contributed by atoms with Crippen molar-refractivity contribution in [3.63, 3.8) is 0 Å². The van der Waals surface area contributed by atoms with Crippen molar-refractivity contribution in [2.75, 3.05) is 26.8 Å². The van der Waals surface area contributed by atoms with Crippen LogP contribution in [0.2, 0.25) is 0 Å². The van der Waals surface area contributed by atoms with E-state index in [1.165, 1.54) is 0 Å². The van der Waals surface area contributed by atoms with E-state index in [9.17, 15) is 4.79 Å². The van der Waals surface area contributed by atoms with Crippen LogP contribution < -0.4 is 15.4 Å². The predicted octanol–water partition coefficient (Wildman–Crippen LogP) is 0.646. The Balaban J connectivity index is 2.04. The molecule has 1 fully saturated rings. The quantitative estimate of drug-likeness (QED) is 0.714. The average Bonchev–Trinajstić information content (AvgIpc) is 2.42. The second kappa shape index (κ2) is 7.21. The summed E-state index contributed by atoms with van der Waals surface area (Å²) in [7, 11) is 1.58. The first-order valence-corrected chi connectivity index (χ1v) is 6.85. The van der Waals surface area contributed by atoms with E-state index in [0.717, 1.165) is 18.7 Å². The lowest BCUT2D eigenvalue weighted by Crippen LogP contribution is -2.56. The van der Waals surface area contributed by atoms with Crippen molar-refractivity contribution in [1.29, 1.82) is 0 Å². The monoisotopic (exact) mass is 279 g/mol. The van der Waals surface area contributed by atoms with Gasteiger partial charge in [0.1, 0.15) is 0 Å². The number of ether oxygens (including phenoxy) is 2. The second-order valence-corrected chi connectivity index (χ2v) is 4.72. The highest BCUT2D eigenvalue weighted by atomic mass is 16.5. The van der Waals surface area contributed by atoms with Crippen LogP contribution in [0.4, 0.5) is 0 Å². The van der Waals surface area contributed by atoms with Gasteiger partial charge >= 0.3 is 5.97 Å². The first kappa shape index (κ1) is 14.7. The number of esters is 1. The van der Waals surface area contributed by atoms with Gasteiger partial charge in [-0.25, -0.2) is 4.98 Å². The van der Waals surface area contributed by atoms with Crippen LogP contribution >= 0.6 is 0 Å². The van der Waals surface area contributed by atoms with Gasteiger partial charge in [0, 0.05) is 37.4 Å². The number of carbonyl (C=O) groups is 1. The molecule has 0 saturated carbocycles. The molecule has 2 heterocycles. The molecule has 2 rings (SSSR count). The van der Waals surface area contributed by atoms with E-state index in [4.69, 9.17) is 9.47 Å². The minimum Gasteiger partial charge on any atom is -0.481 e. The van der Waals surface area contributed by atoms with Crippen molar-refractivity contribution < 1.29 is 14.3 Å². The van der Waals surface area contributed by atoms with Crippen molar-refractivity contribution in [1.82, 2.24) is 15.6 Å². The van der Waals surface area contributed by atoms with Crippen LogP contribution in [0, 0.1) is 0 Å². The number of rotatable bonds is 7. The maximum absolute atomic E-state index is 11.7. The van der Waals surface area contributed by atoms with E-state index < -0.39 is 0 Å². The molecule has 6 nitrogen and oxygen atoms in total. The normalized spacial score (nSPS) is 16.3. The van der Waals surface area contributed by atoms with Crippen molar-refractivity contribution >= 4 is 5.97 Å². The number of nitrogens with zero attached hydrogens (tertiary/aromatic N) is 1. The number of hydrogen-bond acceptors (Lipinski definition) is 6. The zero-order valence-corrected chi connectivity index (χ0v) is 11.9. The predicted molar refractivity (Wildman–Crippen MR) is 74.6 cm³/mol. The Bertz CT molecular complexity index is 432. The molecular formula is C14H21N3O3. The molecule has 1 aliphatic heterocycles. The molecule has 0 aliphatic carbocycles. The summed E-state index contributed by atoms with van der Waals surface area (Å²) in [6.07, 6.45) is 2.04. The van der Waals surface area contributed by atoms with E-state index in [2.05, 4.69) is 15.6 Å². The van der Waals surface area contributed by atoms with E-state index in [1.807, 2.05) is 13.0 Å². The van der Waals surface area contributed by atoms with E-state index in [0.29, 0.717) is 24.9 Å². The van der Waals surface area contributed by atoms with Crippen LogP contribution in [-0.2, 0) is 9.53 Å². The average molecular weight is 279 g/mol. The lowest BCUT2D eigenvalue weighted by atomic mass is 10.0. The van der Waals surface area contributed by atoms with Gasteiger partial charge in [0.15, 0.2) is 0 Å². The fraction of sp³-hybridized carbons (Fsp3) is 0.571. The molecule has 0 aromatic carbocycles. The highest BCUT2D eigenvalue weighted by Crippen LogP contribution is 2.20.